The Balaban J connectivity index is 2.68. The Labute approximate surface area is 146 Å². The summed E-state index contributed by atoms with van der Waals surface area (Å²) in [5, 5.41) is 0. The molecule has 0 bridgehead atoms. The quantitative estimate of drug-likeness (QED) is 0.584. The first-order valence-corrected chi connectivity index (χ1v) is 8.64. The number of nitrogens with zero attached hydrogens (tertiary/aromatic N) is 3. The van der Waals surface area contributed by atoms with Gasteiger partial charge in [0.1, 0.15) is 11.4 Å². The second kappa shape index (κ2) is 9.06. The van der Waals surface area contributed by atoms with Crippen LogP contribution in [0.5, 0.6) is 0 Å². The number of carbonyl (C=O) groups is 1. The Morgan fingerprint density at radius 3 is 2.17 bits per heavy atom. The molecule has 1 saturated heterocycles. The fraction of sp³-hybridized carbons (Fsp3) is 0.778. The highest BCUT2D eigenvalue weighted by Gasteiger charge is 2.26. The Morgan fingerprint density at radius 1 is 1.21 bits per heavy atom. The van der Waals surface area contributed by atoms with Crippen LogP contribution in [0.25, 0.3) is 0 Å². The van der Waals surface area contributed by atoms with Crippen molar-refractivity contribution in [3.8, 4) is 0 Å². The van der Waals surface area contributed by atoms with Gasteiger partial charge in [-0.2, -0.15) is 0 Å². The zero-order valence-corrected chi connectivity index (χ0v) is 16.3. The van der Waals surface area contributed by atoms with Gasteiger partial charge in [-0.25, -0.2) is 4.79 Å². The Bertz CT molecular complexity index is 472. The van der Waals surface area contributed by atoms with Gasteiger partial charge < -0.3 is 19.3 Å². The van der Waals surface area contributed by atoms with Crippen molar-refractivity contribution in [2.24, 2.45) is 4.99 Å². The van der Waals surface area contributed by atoms with Gasteiger partial charge >= 0.3 is 6.09 Å². The van der Waals surface area contributed by atoms with Gasteiger partial charge in [0, 0.05) is 40.3 Å². The van der Waals surface area contributed by atoms with Crippen molar-refractivity contribution in [2.75, 3.05) is 40.3 Å². The van der Waals surface area contributed by atoms with Crippen molar-refractivity contribution >= 4 is 11.9 Å². The molecule has 0 aliphatic carbocycles. The third-order valence-corrected chi connectivity index (χ3v) is 4.08. The molecule has 1 aliphatic heterocycles. The summed E-state index contributed by atoms with van der Waals surface area (Å²) in [6, 6.07) is 0. The van der Waals surface area contributed by atoms with Crippen molar-refractivity contribution < 1.29 is 14.3 Å². The lowest BCUT2D eigenvalue weighted by atomic mass is 10.1. The molecule has 0 N–H and O–H groups in total. The minimum Gasteiger partial charge on any atom is -0.444 e. The molecule has 0 spiro atoms. The molecule has 1 atom stereocenters. The zero-order valence-electron chi connectivity index (χ0n) is 16.3. The summed E-state index contributed by atoms with van der Waals surface area (Å²) >= 11 is 0. The van der Waals surface area contributed by atoms with E-state index in [1.54, 1.807) is 19.1 Å². The zero-order chi connectivity index (χ0) is 18.3. The third-order valence-electron chi connectivity index (χ3n) is 4.08. The van der Waals surface area contributed by atoms with Crippen LogP contribution in [0.4, 0.5) is 4.79 Å². The molecule has 1 rings (SSSR count). The van der Waals surface area contributed by atoms with Crippen LogP contribution in [0.1, 0.15) is 41.0 Å². The molecule has 1 unspecified atom stereocenters. The molecule has 0 aromatic rings. The Hall–Kier alpha value is -1.56. The van der Waals surface area contributed by atoms with Crippen LogP contribution in [0, 0.1) is 0 Å². The summed E-state index contributed by atoms with van der Waals surface area (Å²) in [6.07, 6.45) is 2.87. The van der Waals surface area contributed by atoms with Crippen LogP contribution >= 0.6 is 0 Å². The molecule has 0 saturated carbocycles. The summed E-state index contributed by atoms with van der Waals surface area (Å²) < 4.78 is 10.9. The summed E-state index contributed by atoms with van der Waals surface area (Å²) in [7, 11) is 3.52. The van der Waals surface area contributed by atoms with Crippen LogP contribution in [-0.2, 0) is 9.47 Å². The van der Waals surface area contributed by atoms with E-state index in [1.165, 1.54) is 5.57 Å². The maximum Gasteiger partial charge on any atom is 0.410 e. The maximum absolute atomic E-state index is 12.1. The molecule has 0 radical (unpaired) electrons. The average molecular weight is 339 g/mol. The molecular formula is C18H33N3O3. The number of amidine groups is 1. The molecule has 1 heterocycles. The maximum atomic E-state index is 12.1. The van der Waals surface area contributed by atoms with E-state index in [0.717, 1.165) is 25.3 Å². The molecule has 24 heavy (non-hydrogen) atoms. The predicted molar refractivity (Wildman–Crippen MR) is 97.6 cm³/mol. The summed E-state index contributed by atoms with van der Waals surface area (Å²) in [5.74, 6) is 0.944. The summed E-state index contributed by atoms with van der Waals surface area (Å²) in [4.78, 5) is 20.5. The molecule has 0 aromatic heterocycles. The number of ether oxygens (including phenoxy) is 2. The number of rotatable bonds is 4. The molecule has 1 fully saturated rings. The van der Waals surface area contributed by atoms with Crippen molar-refractivity contribution in [3.05, 3.63) is 11.6 Å². The van der Waals surface area contributed by atoms with Gasteiger partial charge in [0.2, 0.25) is 0 Å². The third kappa shape index (κ3) is 6.15. The van der Waals surface area contributed by atoms with E-state index < -0.39 is 5.60 Å². The fourth-order valence-electron chi connectivity index (χ4n) is 2.57. The van der Waals surface area contributed by atoms with Crippen LogP contribution in [0.2, 0.25) is 0 Å². The van der Waals surface area contributed by atoms with Crippen molar-refractivity contribution in [2.45, 2.75) is 52.7 Å². The van der Waals surface area contributed by atoms with Crippen molar-refractivity contribution in [3.63, 3.8) is 0 Å². The largest absolute Gasteiger partial charge is 0.444 e. The van der Waals surface area contributed by atoms with Crippen LogP contribution in [0.15, 0.2) is 16.6 Å². The number of amides is 1. The van der Waals surface area contributed by atoms with E-state index in [2.05, 4.69) is 22.9 Å². The van der Waals surface area contributed by atoms with Crippen molar-refractivity contribution in [1.82, 2.24) is 9.80 Å². The lowest BCUT2D eigenvalue weighted by Gasteiger charge is -2.36. The number of hydrogen-bond acceptors (Lipinski definition) is 4. The van der Waals surface area contributed by atoms with Gasteiger partial charge in [0.25, 0.3) is 0 Å². The molecule has 0 aromatic carbocycles. The van der Waals surface area contributed by atoms with E-state index in [1.807, 2.05) is 27.7 Å². The molecular weight excluding hydrogens is 306 g/mol. The van der Waals surface area contributed by atoms with E-state index in [4.69, 9.17) is 9.47 Å². The first-order valence-electron chi connectivity index (χ1n) is 8.64. The number of methoxy groups -OCH3 is 1. The SMILES string of the molecule is CC/C(=C\C(=NC)N1CCN(C(=O)OC(C)(C)C)CC1)C(C)OC. The highest BCUT2D eigenvalue weighted by molar-refractivity contribution is 5.93. The normalized spacial score (nSPS) is 18.6. The number of hydrogen-bond donors (Lipinski definition) is 0. The summed E-state index contributed by atoms with van der Waals surface area (Å²) in [5.41, 5.74) is 0.756. The summed E-state index contributed by atoms with van der Waals surface area (Å²) in [6.45, 7) is 12.6. The monoisotopic (exact) mass is 339 g/mol. The smallest absolute Gasteiger partial charge is 0.410 e. The van der Waals surface area contributed by atoms with Gasteiger partial charge in [-0.15, -0.1) is 0 Å². The number of aliphatic imine (C=N–C) groups is 1. The van der Waals surface area contributed by atoms with E-state index >= 15 is 0 Å². The van der Waals surface area contributed by atoms with Gasteiger partial charge in [-0.05, 0) is 45.8 Å². The average Bonchev–Trinajstić information content (AvgIpc) is 2.54. The van der Waals surface area contributed by atoms with Crippen LogP contribution < -0.4 is 0 Å². The van der Waals surface area contributed by atoms with Crippen molar-refractivity contribution in [1.29, 1.82) is 0 Å². The molecule has 6 heteroatoms. The highest BCUT2D eigenvalue weighted by atomic mass is 16.6. The van der Waals surface area contributed by atoms with Gasteiger partial charge in [0.05, 0.1) is 6.10 Å². The number of carbonyl (C=O) groups excluding carboxylic acids is 1. The standard InChI is InChI=1S/C18H33N3O3/c1-8-15(14(2)23-7)13-16(19-6)20-9-11-21(12-10-20)17(22)24-18(3,4)5/h13-14H,8-12H2,1-7H3/b15-13+,19-16?. The lowest BCUT2D eigenvalue weighted by molar-refractivity contribution is 0.0187. The van der Waals surface area contributed by atoms with E-state index in [-0.39, 0.29) is 12.2 Å². The minimum absolute atomic E-state index is 0.0785. The topological polar surface area (TPSA) is 54.4 Å². The van der Waals surface area contributed by atoms with E-state index in [9.17, 15) is 4.79 Å². The second-order valence-electron chi connectivity index (χ2n) is 6.99. The molecule has 6 nitrogen and oxygen atoms in total. The van der Waals surface area contributed by atoms with Gasteiger partial charge in [-0.3, -0.25) is 4.99 Å². The lowest BCUT2D eigenvalue weighted by Crippen LogP contribution is -2.51. The fourth-order valence-corrected chi connectivity index (χ4v) is 2.57. The van der Waals surface area contributed by atoms with Gasteiger partial charge in [0.15, 0.2) is 0 Å². The Kier molecular flexibility index (Phi) is 7.73. The van der Waals surface area contributed by atoms with Gasteiger partial charge in [-0.1, -0.05) is 6.92 Å². The number of piperazine rings is 1. The minimum atomic E-state index is -0.459. The second-order valence-corrected chi connectivity index (χ2v) is 6.99. The molecule has 1 amide bonds. The van der Waals surface area contributed by atoms with Crippen LogP contribution in [-0.4, -0.2) is 73.8 Å². The predicted octanol–water partition coefficient (Wildman–Crippen LogP) is 2.94. The first kappa shape index (κ1) is 20.5. The first-order chi connectivity index (χ1) is 11.2. The van der Waals surface area contributed by atoms with Crippen LogP contribution in [0.3, 0.4) is 0 Å². The Morgan fingerprint density at radius 2 is 1.75 bits per heavy atom. The molecule has 138 valence electrons. The molecule has 1 aliphatic rings. The highest BCUT2D eigenvalue weighted by Crippen LogP contribution is 2.14. The van der Waals surface area contributed by atoms with E-state index in [0.29, 0.717) is 13.1 Å².